The fourth-order valence-electron chi connectivity index (χ4n) is 3.93. The normalized spacial score (nSPS) is 16.6. The van der Waals surface area contributed by atoms with E-state index in [1.54, 1.807) is 12.1 Å². The average Bonchev–Trinajstić information content (AvgIpc) is 2.75. The second kappa shape index (κ2) is 8.53. The summed E-state index contributed by atoms with van der Waals surface area (Å²) in [7, 11) is 0. The molecule has 2 aromatic carbocycles. The molecule has 0 saturated heterocycles. The Morgan fingerprint density at radius 1 is 1.13 bits per heavy atom. The molecule has 6 heteroatoms. The summed E-state index contributed by atoms with van der Waals surface area (Å²) in [5.74, 6) is -0.713. The van der Waals surface area contributed by atoms with E-state index in [9.17, 15) is 14.0 Å². The molecule has 0 spiro atoms. The number of halogens is 1. The summed E-state index contributed by atoms with van der Waals surface area (Å²) >= 11 is 0. The molecule has 0 radical (unpaired) electrons. The van der Waals surface area contributed by atoms with Crippen LogP contribution >= 0.6 is 0 Å². The summed E-state index contributed by atoms with van der Waals surface area (Å²) in [6.45, 7) is 1.96. The van der Waals surface area contributed by atoms with Crippen molar-refractivity contribution in [3.63, 3.8) is 0 Å². The van der Waals surface area contributed by atoms with E-state index >= 15 is 0 Å². The largest absolute Gasteiger partial charge is 0.294 e. The van der Waals surface area contributed by atoms with Crippen molar-refractivity contribution >= 4 is 17.6 Å². The molecule has 0 unspecified atom stereocenters. The quantitative estimate of drug-likeness (QED) is 0.672. The van der Waals surface area contributed by atoms with Crippen LogP contribution in [0.2, 0.25) is 0 Å². The Bertz CT molecular complexity index is 1070. The molecule has 1 aliphatic carbocycles. The van der Waals surface area contributed by atoms with Crippen molar-refractivity contribution in [3.8, 4) is 0 Å². The predicted octanol–water partition coefficient (Wildman–Crippen LogP) is 4.66. The lowest BCUT2D eigenvalue weighted by Gasteiger charge is -2.23. The number of carbonyl (C=O) groups is 2. The summed E-state index contributed by atoms with van der Waals surface area (Å²) in [6.07, 6.45) is 3.00. The van der Waals surface area contributed by atoms with Crippen LogP contribution in [0.4, 0.5) is 10.3 Å². The van der Waals surface area contributed by atoms with Gasteiger partial charge < -0.3 is 0 Å². The number of rotatable bonds is 5. The van der Waals surface area contributed by atoms with Gasteiger partial charge in [0.05, 0.1) is 17.2 Å². The maximum atomic E-state index is 13.2. The maximum absolute atomic E-state index is 13.2. The Labute approximate surface area is 174 Å². The maximum Gasteiger partial charge on any atom is 0.234 e. The first kappa shape index (κ1) is 19.9. The summed E-state index contributed by atoms with van der Waals surface area (Å²) < 4.78 is 13.2. The highest BCUT2D eigenvalue weighted by Crippen LogP contribution is 2.32. The second-order valence-corrected chi connectivity index (χ2v) is 7.49. The van der Waals surface area contributed by atoms with Crippen LogP contribution in [0.25, 0.3) is 0 Å². The number of benzene rings is 2. The molecular weight excluding hydrogens is 381 g/mol. The number of anilines is 1. The van der Waals surface area contributed by atoms with Gasteiger partial charge in [0.25, 0.3) is 0 Å². The van der Waals surface area contributed by atoms with Gasteiger partial charge in [-0.2, -0.15) is 0 Å². The van der Waals surface area contributed by atoms with Crippen LogP contribution in [0.1, 0.15) is 58.8 Å². The number of nitrogens with zero attached hydrogens (tertiary/aromatic N) is 2. The van der Waals surface area contributed by atoms with Crippen LogP contribution in [0.5, 0.6) is 0 Å². The third-order valence-corrected chi connectivity index (χ3v) is 5.54. The minimum absolute atomic E-state index is 0.0424. The van der Waals surface area contributed by atoms with Crippen LogP contribution in [0.15, 0.2) is 60.8 Å². The Hall–Kier alpha value is -3.41. The minimum Gasteiger partial charge on any atom is -0.294 e. The molecule has 1 amide bonds. The van der Waals surface area contributed by atoms with Gasteiger partial charge in [-0.1, -0.05) is 49.4 Å². The van der Waals surface area contributed by atoms with Crippen LogP contribution in [0, 0.1) is 5.82 Å². The molecule has 0 bridgehead atoms. The van der Waals surface area contributed by atoms with Gasteiger partial charge in [-0.15, -0.1) is 0 Å². The van der Waals surface area contributed by atoms with Gasteiger partial charge in [-0.3, -0.25) is 14.9 Å². The van der Waals surface area contributed by atoms with Crippen molar-refractivity contribution in [1.82, 2.24) is 9.97 Å². The number of amides is 1. The van der Waals surface area contributed by atoms with E-state index in [-0.39, 0.29) is 35.3 Å². The number of Topliss-reactive ketones (excluding diaryl/α,β-unsaturated/α-hetero) is 1. The molecule has 0 saturated carbocycles. The zero-order valence-corrected chi connectivity index (χ0v) is 16.6. The minimum atomic E-state index is -0.308. The number of carbonyl (C=O) groups excluding carboxylic acids is 2. The van der Waals surface area contributed by atoms with E-state index in [4.69, 9.17) is 0 Å². The molecule has 30 heavy (non-hydrogen) atoms. The first-order valence-electron chi connectivity index (χ1n) is 10.1. The number of fused-ring (bicyclic) bond motifs is 1. The first-order chi connectivity index (χ1) is 14.5. The predicted molar refractivity (Wildman–Crippen MR) is 112 cm³/mol. The summed E-state index contributed by atoms with van der Waals surface area (Å²) in [4.78, 5) is 34.0. The average molecular weight is 403 g/mol. The van der Waals surface area contributed by atoms with Crippen molar-refractivity contribution in [2.75, 3.05) is 5.32 Å². The van der Waals surface area contributed by atoms with Gasteiger partial charge in [-0.05, 0) is 42.0 Å². The molecular formula is C24H22FN3O2. The van der Waals surface area contributed by atoms with Crippen LogP contribution in [-0.2, 0) is 11.2 Å². The second-order valence-electron chi connectivity index (χ2n) is 7.49. The van der Waals surface area contributed by atoms with Crippen LogP contribution in [0.3, 0.4) is 0 Å². The molecule has 5 nitrogen and oxygen atoms in total. The Morgan fingerprint density at radius 3 is 2.57 bits per heavy atom. The lowest BCUT2D eigenvalue weighted by atomic mass is 9.82. The molecule has 1 N–H and O–H groups in total. The van der Waals surface area contributed by atoms with E-state index in [0.717, 1.165) is 11.1 Å². The molecule has 2 atom stereocenters. The monoisotopic (exact) mass is 403 g/mol. The van der Waals surface area contributed by atoms with Crippen molar-refractivity contribution in [1.29, 1.82) is 0 Å². The molecule has 1 aliphatic rings. The highest BCUT2D eigenvalue weighted by molar-refractivity contribution is 5.99. The van der Waals surface area contributed by atoms with Crippen LogP contribution in [-0.4, -0.2) is 21.7 Å². The molecule has 4 rings (SSSR count). The molecule has 152 valence electrons. The standard InChI is InChI=1S/C24H22FN3O2/c1-2-19(16-6-4-3-5-7-16)23(30)28-24-26-14-20-21(27-24)12-17(13-22(20)29)15-8-10-18(25)11-9-15/h3-11,14,17,19H,2,12-13H2,1H3,(H,26,27,28,30)/t17-,19+/m0/s1. The lowest BCUT2D eigenvalue weighted by Crippen LogP contribution is -2.24. The van der Waals surface area contributed by atoms with Gasteiger partial charge in [0, 0.05) is 12.6 Å². The molecule has 1 heterocycles. The summed E-state index contributed by atoms with van der Waals surface area (Å²) in [5.41, 5.74) is 2.93. The Kier molecular flexibility index (Phi) is 5.65. The van der Waals surface area contributed by atoms with E-state index in [0.29, 0.717) is 30.5 Å². The van der Waals surface area contributed by atoms with Crippen molar-refractivity contribution in [2.45, 2.75) is 38.0 Å². The molecule has 0 aliphatic heterocycles. The van der Waals surface area contributed by atoms with E-state index in [1.165, 1.54) is 18.3 Å². The number of aromatic nitrogens is 2. The smallest absolute Gasteiger partial charge is 0.234 e. The third kappa shape index (κ3) is 4.13. The van der Waals surface area contributed by atoms with Gasteiger partial charge >= 0.3 is 0 Å². The van der Waals surface area contributed by atoms with Crippen LogP contribution < -0.4 is 5.32 Å². The number of hydrogen-bond donors (Lipinski definition) is 1. The Morgan fingerprint density at radius 2 is 1.87 bits per heavy atom. The number of hydrogen-bond acceptors (Lipinski definition) is 4. The SMILES string of the molecule is CC[C@@H](C(=O)Nc1ncc2c(n1)C[C@H](c1ccc(F)cc1)CC2=O)c1ccccc1. The van der Waals surface area contributed by atoms with E-state index in [2.05, 4.69) is 15.3 Å². The lowest BCUT2D eigenvalue weighted by molar-refractivity contribution is -0.117. The third-order valence-electron chi connectivity index (χ3n) is 5.54. The zero-order valence-electron chi connectivity index (χ0n) is 16.6. The van der Waals surface area contributed by atoms with Gasteiger partial charge in [0.15, 0.2) is 5.78 Å². The van der Waals surface area contributed by atoms with Crippen molar-refractivity contribution in [2.24, 2.45) is 0 Å². The van der Waals surface area contributed by atoms with Gasteiger partial charge in [0.2, 0.25) is 11.9 Å². The zero-order chi connectivity index (χ0) is 21.1. The van der Waals surface area contributed by atoms with Gasteiger partial charge in [0.1, 0.15) is 5.82 Å². The molecule has 3 aromatic rings. The topological polar surface area (TPSA) is 72.0 Å². The van der Waals surface area contributed by atoms with E-state index in [1.807, 2.05) is 37.3 Å². The summed E-state index contributed by atoms with van der Waals surface area (Å²) in [6, 6.07) is 15.8. The fraction of sp³-hybridized carbons (Fsp3) is 0.250. The molecule has 1 aromatic heterocycles. The van der Waals surface area contributed by atoms with Gasteiger partial charge in [-0.25, -0.2) is 14.4 Å². The number of ketones is 1. The van der Waals surface area contributed by atoms with E-state index < -0.39 is 0 Å². The van der Waals surface area contributed by atoms with Crippen molar-refractivity contribution in [3.05, 3.63) is 89.0 Å². The van der Waals surface area contributed by atoms with Crippen molar-refractivity contribution < 1.29 is 14.0 Å². The first-order valence-corrected chi connectivity index (χ1v) is 10.1. The summed E-state index contributed by atoms with van der Waals surface area (Å²) in [5, 5.41) is 2.80. The fourth-order valence-corrected chi connectivity index (χ4v) is 3.93. The highest BCUT2D eigenvalue weighted by Gasteiger charge is 2.28. The molecule has 0 fully saturated rings. The highest BCUT2D eigenvalue weighted by atomic mass is 19.1. The number of nitrogens with one attached hydrogen (secondary N) is 1. The Balaban J connectivity index is 1.55.